The number of H-pyrrole nitrogens is 1. The molecule has 0 radical (unpaired) electrons. The van der Waals surface area contributed by atoms with Gasteiger partial charge in [0.2, 0.25) is 10.0 Å². The lowest BCUT2D eigenvalue weighted by molar-refractivity contribution is 0.0697. The maximum atomic E-state index is 13.0. The summed E-state index contributed by atoms with van der Waals surface area (Å²) >= 11 is 6.14. The number of hydrogen-bond acceptors (Lipinski definition) is 6. The third-order valence-corrected chi connectivity index (χ3v) is 7.25. The van der Waals surface area contributed by atoms with Crippen molar-refractivity contribution in [1.29, 1.82) is 0 Å². The smallest absolute Gasteiger partial charge is 0.256 e. The summed E-state index contributed by atoms with van der Waals surface area (Å²) in [6.07, 6.45) is 1.66. The number of carbonyl (C=O) groups excluding carboxylic acids is 1. The minimum atomic E-state index is -3.71. The second kappa shape index (κ2) is 7.08. The second-order valence-electron chi connectivity index (χ2n) is 6.00. The van der Waals surface area contributed by atoms with Gasteiger partial charge in [-0.25, -0.2) is 8.42 Å². The van der Waals surface area contributed by atoms with Gasteiger partial charge < -0.3 is 9.88 Å². The summed E-state index contributed by atoms with van der Waals surface area (Å²) < 4.78 is 36.1. The van der Waals surface area contributed by atoms with Crippen LogP contribution in [0.15, 0.2) is 50.1 Å². The molecule has 1 saturated heterocycles. The first-order chi connectivity index (χ1) is 13.0. The number of amides is 1. The summed E-state index contributed by atoms with van der Waals surface area (Å²) in [4.78, 5) is 17.3. The van der Waals surface area contributed by atoms with Gasteiger partial charge in [-0.15, -0.1) is 0 Å². The van der Waals surface area contributed by atoms with Gasteiger partial charge in [-0.2, -0.15) is 13.0 Å². The standard InChI is InChI=1S/C16H15N5O3S3/c22-16(11-3-2-6-17-15(11)25)20-7-9-21(10-8-20)27(23,24)13-5-1-4-12-14(13)19-26-18-12/h1-6H,7-10H2,(H,17,25). The Labute approximate surface area is 164 Å². The highest BCUT2D eigenvalue weighted by Gasteiger charge is 2.33. The van der Waals surface area contributed by atoms with Gasteiger partial charge in [0.1, 0.15) is 20.9 Å². The number of piperazine rings is 1. The molecule has 8 nitrogen and oxygen atoms in total. The summed E-state index contributed by atoms with van der Waals surface area (Å²) in [5.41, 5.74) is 1.37. The molecule has 0 spiro atoms. The van der Waals surface area contributed by atoms with E-state index in [1.807, 2.05) is 0 Å². The van der Waals surface area contributed by atoms with E-state index in [4.69, 9.17) is 12.2 Å². The number of carbonyl (C=O) groups is 1. The predicted molar refractivity (Wildman–Crippen MR) is 104 cm³/mol. The molecule has 0 atom stereocenters. The molecule has 1 N–H and O–H groups in total. The van der Waals surface area contributed by atoms with Gasteiger partial charge in [-0.1, -0.05) is 18.3 Å². The fourth-order valence-electron chi connectivity index (χ4n) is 3.02. The lowest BCUT2D eigenvalue weighted by atomic mass is 10.2. The summed E-state index contributed by atoms with van der Waals surface area (Å²) in [7, 11) is -3.71. The number of rotatable bonds is 3. The molecule has 27 heavy (non-hydrogen) atoms. The zero-order chi connectivity index (χ0) is 19.0. The summed E-state index contributed by atoms with van der Waals surface area (Å²) in [5, 5.41) is 0. The number of nitrogens with one attached hydrogen (secondary N) is 1. The number of sulfonamides is 1. The summed E-state index contributed by atoms with van der Waals surface area (Å²) in [6.45, 7) is 1.02. The largest absolute Gasteiger partial charge is 0.352 e. The van der Waals surface area contributed by atoms with E-state index in [2.05, 4.69) is 13.7 Å². The average Bonchev–Trinajstić information content (AvgIpc) is 3.16. The van der Waals surface area contributed by atoms with E-state index in [9.17, 15) is 13.2 Å². The normalized spacial score (nSPS) is 16.8. The average molecular weight is 422 g/mol. The molecule has 0 unspecified atom stereocenters. The monoisotopic (exact) mass is 421 g/mol. The van der Waals surface area contributed by atoms with E-state index in [0.717, 1.165) is 11.4 Å². The molecule has 0 aliphatic carbocycles. The van der Waals surface area contributed by atoms with Crippen molar-refractivity contribution in [2.75, 3.05) is 26.2 Å². The Morgan fingerprint density at radius 2 is 1.89 bits per heavy atom. The first kappa shape index (κ1) is 18.2. The first-order valence-corrected chi connectivity index (χ1v) is 10.7. The number of benzene rings is 1. The minimum Gasteiger partial charge on any atom is -0.352 e. The fraction of sp³-hybridized carbons (Fsp3) is 0.250. The first-order valence-electron chi connectivity index (χ1n) is 8.17. The van der Waals surface area contributed by atoms with Crippen LogP contribution in [0.5, 0.6) is 0 Å². The number of aromatic nitrogens is 1. The van der Waals surface area contributed by atoms with E-state index < -0.39 is 10.0 Å². The zero-order valence-electron chi connectivity index (χ0n) is 14.0. The number of aromatic amines is 1. The van der Waals surface area contributed by atoms with Crippen LogP contribution in [-0.4, -0.2) is 54.7 Å². The Bertz CT molecular complexity index is 1140. The Balaban J connectivity index is 1.52. The van der Waals surface area contributed by atoms with Crippen molar-refractivity contribution in [2.24, 2.45) is 8.73 Å². The Hall–Kier alpha value is -2.21. The highest BCUT2D eigenvalue weighted by atomic mass is 32.2. The van der Waals surface area contributed by atoms with Crippen LogP contribution < -0.4 is 0 Å². The number of pyridine rings is 1. The molecule has 1 fully saturated rings. The van der Waals surface area contributed by atoms with E-state index in [-0.39, 0.29) is 23.9 Å². The molecule has 2 aliphatic heterocycles. The molecule has 2 aliphatic rings. The van der Waals surface area contributed by atoms with E-state index in [1.54, 1.807) is 41.4 Å². The Morgan fingerprint density at radius 3 is 2.63 bits per heavy atom. The zero-order valence-corrected chi connectivity index (χ0v) is 16.5. The molecule has 0 bridgehead atoms. The number of fused-ring (bicyclic) bond motifs is 1. The van der Waals surface area contributed by atoms with Gasteiger partial charge in [-0.05, 0) is 24.3 Å². The molecule has 4 rings (SSSR count). The van der Waals surface area contributed by atoms with Crippen molar-refractivity contribution in [3.05, 3.63) is 46.7 Å². The molecule has 2 aromatic rings. The van der Waals surface area contributed by atoms with Gasteiger partial charge in [0.25, 0.3) is 5.91 Å². The van der Waals surface area contributed by atoms with Crippen LogP contribution in [0.3, 0.4) is 0 Å². The van der Waals surface area contributed by atoms with Crippen LogP contribution >= 0.6 is 12.2 Å². The fourth-order valence-corrected chi connectivity index (χ4v) is 5.42. The number of nitrogens with zero attached hydrogens (tertiary/aromatic N) is 4. The molecule has 1 aromatic heterocycles. The highest BCUT2D eigenvalue weighted by Crippen LogP contribution is 2.38. The maximum absolute atomic E-state index is 13.0. The lowest BCUT2D eigenvalue weighted by Gasteiger charge is -2.34. The quantitative estimate of drug-likeness (QED) is 0.657. The van der Waals surface area contributed by atoms with Gasteiger partial charge in [0.05, 0.1) is 16.9 Å². The van der Waals surface area contributed by atoms with Crippen molar-refractivity contribution >= 4 is 50.9 Å². The van der Waals surface area contributed by atoms with E-state index >= 15 is 0 Å². The second-order valence-corrected chi connectivity index (χ2v) is 8.84. The van der Waals surface area contributed by atoms with Crippen LogP contribution in [0.25, 0.3) is 0 Å². The third kappa shape index (κ3) is 3.27. The van der Waals surface area contributed by atoms with Crippen molar-refractivity contribution < 1.29 is 13.2 Å². The van der Waals surface area contributed by atoms with Crippen molar-refractivity contribution in [1.82, 2.24) is 14.2 Å². The summed E-state index contributed by atoms with van der Waals surface area (Å²) in [6, 6.07) is 8.32. The van der Waals surface area contributed by atoms with Crippen LogP contribution in [0.4, 0.5) is 11.4 Å². The molecule has 1 amide bonds. The molecule has 1 aromatic carbocycles. The van der Waals surface area contributed by atoms with E-state index in [1.165, 1.54) is 4.31 Å². The maximum Gasteiger partial charge on any atom is 0.256 e. The van der Waals surface area contributed by atoms with Gasteiger partial charge in [0.15, 0.2) is 0 Å². The Morgan fingerprint density at radius 1 is 1.11 bits per heavy atom. The molecular weight excluding hydrogens is 406 g/mol. The minimum absolute atomic E-state index is 0.152. The molecule has 0 saturated carbocycles. The third-order valence-electron chi connectivity index (χ3n) is 4.44. The van der Waals surface area contributed by atoms with Crippen molar-refractivity contribution in [3.8, 4) is 0 Å². The van der Waals surface area contributed by atoms with Crippen molar-refractivity contribution in [2.45, 2.75) is 4.90 Å². The topological polar surface area (TPSA) is 98.2 Å². The molecule has 140 valence electrons. The van der Waals surface area contributed by atoms with Crippen LogP contribution in [0.2, 0.25) is 0 Å². The van der Waals surface area contributed by atoms with Gasteiger partial charge >= 0.3 is 0 Å². The lowest BCUT2D eigenvalue weighted by Crippen LogP contribution is -2.50. The highest BCUT2D eigenvalue weighted by molar-refractivity contribution is 7.89. The molecule has 3 heterocycles. The van der Waals surface area contributed by atoms with Crippen LogP contribution in [0.1, 0.15) is 10.4 Å². The summed E-state index contributed by atoms with van der Waals surface area (Å²) in [5.74, 6) is -0.195. The van der Waals surface area contributed by atoms with Crippen LogP contribution in [0, 0.1) is 4.64 Å². The van der Waals surface area contributed by atoms with Gasteiger partial charge in [-0.3, -0.25) is 4.79 Å². The Kier molecular flexibility index (Phi) is 4.76. The SMILES string of the molecule is O=C(c1ccc[nH]c1=S)N1CCN(S(=O)(=O)c2cccc3c2N=S=N3)CC1. The predicted octanol–water partition coefficient (Wildman–Crippen LogP) is 2.62. The number of hydrogen-bond donors (Lipinski definition) is 1. The van der Waals surface area contributed by atoms with Crippen molar-refractivity contribution in [3.63, 3.8) is 0 Å². The van der Waals surface area contributed by atoms with Crippen LogP contribution in [-0.2, 0) is 21.4 Å². The van der Waals surface area contributed by atoms with Gasteiger partial charge in [0, 0.05) is 32.4 Å². The van der Waals surface area contributed by atoms with E-state index in [0.29, 0.717) is 34.7 Å². The molecular formula is C16H15N5O3S3. The molecule has 11 heteroatoms.